The van der Waals surface area contributed by atoms with Gasteiger partial charge in [0.1, 0.15) is 0 Å². The molecule has 0 radical (unpaired) electrons. The van der Waals surface area contributed by atoms with Gasteiger partial charge in [-0.25, -0.2) is 0 Å². The first kappa shape index (κ1) is 19.0. The molecule has 0 N–H and O–H groups in total. The van der Waals surface area contributed by atoms with Crippen LogP contribution in [0, 0.1) is 29.1 Å². The second-order valence-corrected chi connectivity index (χ2v) is 7.71. The fourth-order valence-electron chi connectivity index (χ4n) is 6.19. The van der Waals surface area contributed by atoms with Gasteiger partial charge in [-0.3, -0.25) is 0 Å². The van der Waals surface area contributed by atoms with E-state index in [0.29, 0.717) is 5.41 Å². The van der Waals surface area contributed by atoms with Crippen molar-refractivity contribution in [3.05, 3.63) is 0 Å². The average Bonchev–Trinajstić information content (AvgIpc) is 2.48. The van der Waals surface area contributed by atoms with E-state index >= 15 is 0 Å². The Balaban J connectivity index is 3.19. The fourth-order valence-corrected chi connectivity index (χ4v) is 6.19. The first-order chi connectivity index (χ1) is 10.1. The summed E-state index contributed by atoms with van der Waals surface area (Å²) in [5.41, 5.74) is 0.665. The molecule has 126 valence electrons. The molecule has 0 bridgehead atoms. The SMILES string of the molecule is CCCC1C(CC)CC(CC)C(CCC)(CCC)C1CC. The van der Waals surface area contributed by atoms with Gasteiger partial charge >= 0.3 is 0 Å². The van der Waals surface area contributed by atoms with Crippen LogP contribution in [0.15, 0.2) is 0 Å². The molecule has 0 aromatic heterocycles. The van der Waals surface area contributed by atoms with Gasteiger partial charge in [-0.05, 0) is 48.3 Å². The molecule has 0 aliphatic heterocycles. The van der Waals surface area contributed by atoms with E-state index in [1.165, 1.54) is 64.2 Å². The molecule has 1 aliphatic carbocycles. The van der Waals surface area contributed by atoms with E-state index in [4.69, 9.17) is 0 Å². The van der Waals surface area contributed by atoms with Crippen molar-refractivity contribution < 1.29 is 0 Å². The second-order valence-electron chi connectivity index (χ2n) is 7.71. The van der Waals surface area contributed by atoms with E-state index < -0.39 is 0 Å². The Morgan fingerprint density at radius 2 is 1.38 bits per heavy atom. The molecule has 21 heavy (non-hydrogen) atoms. The lowest BCUT2D eigenvalue weighted by Crippen LogP contribution is -2.48. The van der Waals surface area contributed by atoms with Gasteiger partial charge in [0, 0.05) is 0 Å². The van der Waals surface area contributed by atoms with Crippen molar-refractivity contribution in [1.82, 2.24) is 0 Å². The first-order valence-corrected chi connectivity index (χ1v) is 10.1. The molecule has 1 saturated carbocycles. The maximum Gasteiger partial charge on any atom is -0.0238 e. The maximum atomic E-state index is 2.48. The number of rotatable bonds is 9. The summed E-state index contributed by atoms with van der Waals surface area (Å²) >= 11 is 0. The zero-order valence-electron chi connectivity index (χ0n) is 15.9. The summed E-state index contributed by atoms with van der Waals surface area (Å²) in [5.74, 6) is 3.98. The molecular formula is C21H42. The molecular weight excluding hydrogens is 252 g/mol. The quantitative estimate of drug-likeness (QED) is 0.413. The Morgan fingerprint density at radius 1 is 0.762 bits per heavy atom. The standard InChI is InChI=1S/C21H42/c1-7-13-19-17(10-4)16-18(11-5)21(14-8-2,15-9-3)20(19)12-6/h17-20H,7-16H2,1-6H3. The van der Waals surface area contributed by atoms with Gasteiger partial charge in [-0.2, -0.15) is 0 Å². The Morgan fingerprint density at radius 3 is 1.76 bits per heavy atom. The summed E-state index contributed by atoms with van der Waals surface area (Å²) in [7, 11) is 0. The minimum atomic E-state index is 0.665. The molecule has 0 saturated heterocycles. The van der Waals surface area contributed by atoms with Crippen molar-refractivity contribution in [3.63, 3.8) is 0 Å². The number of hydrogen-bond donors (Lipinski definition) is 0. The number of hydrogen-bond acceptors (Lipinski definition) is 0. The minimum absolute atomic E-state index is 0.665. The molecule has 4 unspecified atom stereocenters. The predicted octanol–water partition coefficient (Wildman–Crippen LogP) is 7.47. The second kappa shape index (κ2) is 9.21. The molecule has 1 rings (SSSR count). The fraction of sp³-hybridized carbons (Fsp3) is 1.00. The molecule has 4 atom stereocenters. The van der Waals surface area contributed by atoms with Crippen molar-refractivity contribution in [1.29, 1.82) is 0 Å². The molecule has 0 aromatic carbocycles. The first-order valence-electron chi connectivity index (χ1n) is 10.1. The largest absolute Gasteiger partial charge is 0.0654 e. The molecule has 0 aromatic rings. The van der Waals surface area contributed by atoms with Gasteiger partial charge in [-0.15, -0.1) is 0 Å². The van der Waals surface area contributed by atoms with Crippen molar-refractivity contribution in [3.8, 4) is 0 Å². The van der Waals surface area contributed by atoms with E-state index in [-0.39, 0.29) is 0 Å². The highest BCUT2D eigenvalue weighted by Crippen LogP contribution is 2.59. The Labute approximate surface area is 135 Å². The van der Waals surface area contributed by atoms with E-state index in [1.807, 2.05) is 0 Å². The van der Waals surface area contributed by atoms with Gasteiger partial charge in [0.15, 0.2) is 0 Å². The van der Waals surface area contributed by atoms with E-state index in [0.717, 1.165) is 23.7 Å². The summed E-state index contributed by atoms with van der Waals surface area (Å²) in [6.07, 6.45) is 14.3. The molecule has 0 spiro atoms. The van der Waals surface area contributed by atoms with Crippen LogP contribution in [-0.2, 0) is 0 Å². The van der Waals surface area contributed by atoms with Crippen molar-refractivity contribution in [2.45, 2.75) is 106 Å². The summed E-state index contributed by atoms with van der Waals surface area (Å²) in [6, 6.07) is 0. The predicted molar refractivity (Wildman–Crippen MR) is 96.6 cm³/mol. The average molecular weight is 295 g/mol. The van der Waals surface area contributed by atoms with Gasteiger partial charge in [0.2, 0.25) is 0 Å². The molecule has 1 aliphatic rings. The highest BCUT2D eigenvalue weighted by Gasteiger charge is 2.50. The lowest BCUT2D eigenvalue weighted by atomic mass is 9.48. The Hall–Kier alpha value is 0. The lowest BCUT2D eigenvalue weighted by molar-refractivity contribution is -0.0735. The highest BCUT2D eigenvalue weighted by molar-refractivity contribution is 5.00. The molecule has 0 heterocycles. The van der Waals surface area contributed by atoms with Crippen LogP contribution in [0.3, 0.4) is 0 Å². The third-order valence-electron chi connectivity index (χ3n) is 6.77. The van der Waals surface area contributed by atoms with Crippen LogP contribution in [0.2, 0.25) is 0 Å². The Bertz CT molecular complexity index is 261. The maximum absolute atomic E-state index is 2.48. The topological polar surface area (TPSA) is 0 Å². The molecule has 0 heteroatoms. The zero-order valence-corrected chi connectivity index (χ0v) is 15.9. The van der Waals surface area contributed by atoms with Crippen LogP contribution in [0.25, 0.3) is 0 Å². The molecule has 0 amide bonds. The smallest absolute Gasteiger partial charge is 0.0238 e. The van der Waals surface area contributed by atoms with E-state index in [1.54, 1.807) is 0 Å². The van der Waals surface area contributed by atoms with Gasteiger partial charge in [0.25, 0.3) is 0 Å². The van der Waals surface area contributed by atoms with Crippen molar-refractivity contribution in [2.75, 3.05) is 0 Å². The monoisotopic (exact) mass is 294 g/mol. The van der Waals surface area contributed by atoms with Crippen molar-refractivity contribution in [2.24, 2.45) is 29.1 Å². The summed E-state index contributed by atoms with van der Waals surface area (Å²) in [6.45, 7) is 14.6. The molecule has 0 nitrogen and oxygen atoms in total. The van der Waals surface area contributed by atoms with Gasteiger partial charge < -0.3 is 0 Å². The summed E-state index contributed by atoms with van der Waals surface area (Å²) in [5, 5.41) is 0. The summed E-state index contributed by atoms with van der Waals surface area (Å²) in [4.78, 5) is 0. The minimum Gasteiger partial charge on any atom is -0.0654 e. The van der Waals surface area contributed by atoms with Crippen LogP contribution >= 0.6 is 0 Å². The zero-order chi connectivity index (χ0) is 15.9. The molecule has 1 fully saturated rings. The van der Waals surface area contributed by atoms with Crippen LogP contribution < -0.4 is 0 Å². The van der Waals surface area contributed by atoms with Gasteiger partial charge in [-0.1, -0.05) is 86.5 Å². The van der Waals surface area contributed by atoms with Crippen LogP contribution in [0.4, 0.5) is 0 Å². The van der Waals surface area contributed by atoms with E-state index in [9.17, 15) is 0 Å². The van der Waals surface area contributed by atoms with E-state index in [2.05, 4.69) is 41.5 Å². The van der Waals surface area contributed by atoms with Gasteiger partial charge in [0.05, 0.1) is 0 Å². The highest BCUT2D eigenvalue weighted by atomic mass is 14.6. The summed E-state index contributed by atoms with van der Waals surface area (Å²) < 4.78 is 0. The van der Waals surface area contributed by atoms with Crippen LogP contribution in [-0.4, -0.2) is 0 Å². The third-order valence-corrected chi connectivity index (χ3v) is 6.77. The lowest BCUT2D eigenvalue weighted by Gasteiger charge is -2.57. The Kier molecular flexibility index (Phi) is 8.35. The normalized spacial score (nSPS) is 32.3. The van der Waals surface area contributed by atoms with Crippen LogP contribution in [0.5, 0.6) is 0 Å². The van der Waals surface area contributed by atoms with Crippen LogP contribution in [0.1, 0.15) is 106 Å². The van der Waals surface area contributed by atoms with Crippen molar-refractivity contribution >= 4 is 0 Å². The third kappa shape index (κ3) is 3.85.